The van der Waals surface area contributed by atoms with Gasteiger partial charge in [0.2, 0.25) is 10.0 Å². The maximum Gasteiger partial charge on any atom is 0.242 e. The number of hydrogen-bond acceptors (Lipinski definition) is 4. The van der Waals surface area contributed by atoms with Gasteiger partial charge in [0.05, 0.1) is 11.0 Å². The molecule has 2 rings (SSSR count). The number of rotatable bonds is 7. The van der Waals surface area contributed by atoms with Gasteiger partial charge in [-0.2, -0.15) is 0 Å². The van der Waals surface area contributed by atoms with Gasteiger partial charge < -0.3 is 14.6 Å². The molecule has 0 amide bonds. The van der Waals surface area contributed by atoms with E-state index in [1.54, 1.807) is 12.3 Å². The molecule has 21 heavy (non-hydrogen) atoms. The van der Waals surface area contributed by atoms with Crippen LogP contribution >= 0.6 is 0 Å². The van der Waals surface area contributed by atoms with Gasteiger partial charge in [0.25, 0.3) is 0 Å². The molecule has 2 atom stereocenters. The van der Waals surface area contributed by atoms with Crippen molar-refractivity contribution in [2.45, 2.75) is 37.3 Å². The van der Waals surface area contributed by atoms with Gasteiger partial charge in [-0.15, -0.1) is 0 Å². The highest BCUT2D eigenvalue weighted by atomic mass is 32.2. The van der Waals surface area contributed by atoms with E-state index in [9.17, 15) is 8.42 Å². The summed E-state index contributed by atoms with van der Waals surface area (Å²) >= 11 is 0. The highest BCUT2D eigenvalue weighted by Gasteiger charge is 2.28. The van der Waals surface area contributed by atoms with Crippen LogP contribution in [0.5, 0.6) is 0 Å². The fraction of sp³-hybridized carbons (Fsp3) is 0.714. The van der Waals surface area contributed by atoms with Crippen molar-refractivity contribution in [2.24, 2.45) is 13.0 Å². The third-order valence-corrected chi connectivity index (χ3v) is 5.43. The number of hydrogen-bond donors (Lipinski definition) is 2. The van der Waals surface area contributed by atoms with Gasteiger partial charge in [-0.1, -0.05) is 6.92 Å². The Labute approximate surface area is 126 Å². The predicted octanol–water partition coefficient (Wildman–Crippen LogP) is 0.838. The van der Waals surface area contributed by atoms with Crippen LogP contribution in [0.2, 0.25) is 0 Å². The lowest BCUT2D eigenvalue weighted by Crippen LogP contribution is -2.32. The third-order valence-electron chi connectivity index (χ3n) is 4.04. The Kier molecular flexibility index (Phi) is 5.43. The molecule has 0 spiro atoms. The van der Waals surface area contributed by atoms with E-state index in [0.29, 0.717) is 18.0 Å². The largest absolute Gasteiger partial charge is 0.378 e. The van der Waals surface area contributed by atoms with Crippen molar-refractivity contribution in [1.82, 2.24) is 14.6 Å². The standard InChI is InChI=1S/C14H25N3O3S/c1-4-14-11(5-6-20-14)8-16-21(18,19)13-7-12(9-15-2)17(3)10-13/h7,10-11,14-16H,4-6,8-9H2,1-3H3. The molecule has 1 fully saturated rings. The van der Waals surface area contributed by atoms with Crippen LogP contribution in [0.15, 0.2) is 17.2 Å². The minimum Gasteiger partial charge on any atom is -0.378 e. The normalized spacial score (nSPS) is 22.8. The number of sulfonamides is 1. The Bertz CT molecular complexity index is 568. The SMILES string of the molecule is CCC1OCCC1CNS(=O)(=O)c1cc(CNC)n(C)c1. The second-order valence-electron chi connectivity index (χ2n) is 5.53. The van der Waals surface area contributed by atoms with E-state index in [1.165, 1.54) is 0 Å². The monoisotopic (exact) mass is 315 g/mol. The molecule has 1 aromatic heterocycles. The molecule has 2 N–H and O–H groups in total. The molecular weight excluding hydrogens is 290 g/mol. The summed E-state index contributed by atoms with van der Waals surface area (Å²) in [7, 11) is 0.235. The van der Waals surface area contributed by atoms with Crippen LogP contribution in [0.4, 0.5) is 0 Å². The zero-order valence-corrected chi connectivity index (χ0v) is 13.7. The van der Waals surface area contributed by atoms with Gasteiger partial charge >= 0.3 is 0 Å². The lowest BCUT2D eigenvalue weighted by atomic mass is 10.0. The van der Waals surface area contributed by atoms with Gasteiger partial charge in [0.15, 0.2) is 0 Å². The minimum atomic E-state index is -3.45. The summed E-state index contributed by atoms with van der Waals surface area (Å²) in [5, 5.41) is 3.03. The number of ether oxygens (including phenoxy) is 1. The number of nitrogens with zero attached hydrogens (tertiary/aromatic N) is 1. The Morgan fingerprint density at radius 3 is 2.90 bits per heavy atom. The molecular formula is C14H25N3O3S. The van der Waals surface area contributed by atoms with E-state index in [-0.39, 0.29) is 12.0 Å². The average molecular weight is 315 g/mol. The number of aromatic nitrogens is 1. The van der Waals surface area contributed by atoms with E-state index in [4.69, 9.17) is 4.74 Å². The molecule has 2 unspecified atom stereocenters. The smallest absolute Gasteiger partial charge is 0.242 e. The highest BCUT2D eigenvalue weighted by molar-refractivity contribution is 7.89. The van der Waals surface area contributed by atoms with E-state index >= 15 is 0 Å². The third kappa shape index (κ3) is 3.85. The van der Waals surface area contributed by atoms with Gasteiger partial charge in [-0.25, -0.2) is 13.1 Å². The molecule has 0 radical (unpaired) electrons. The molecule has 120 valence electrons. The van der Waals surface area contributed by atoms with E-state index in [2.05, 4.69) is 17.0 Å². The first-order valence-electron chi connectivity index (χ1n) is 7.39. The number of nitrogens with one attached hydrogen (secondary N) is 2. The van der Waals surface area contributed by atoms with Gasteiger partial charge in [-0.05, 0) is 26.0 Å². The van der Waals surface area contributed by atoms with Crippen LogP contribution in [0.1, 0.15) is 25.5 Å². The van der Waals surface area contributed by atoms with Crippen LogP contribution in [-0.4, -0.2) is 39.3 Å². The van der Waals surface area contributed by atoms with E-state index < -0.39 is 10.0 Å². The van der Waals surface area contributed by atoms with Crippen molar-refractivity contribution in [1.29, 1.82) is 0 Å². The topological polar surface area (TPSA) is 72.4 Å². The minimum absolute atomic E-state index is 0.170. The first-order chi connectivity index (χ1) is 9.97. The van der Waals surface area contributed by atoms with Crippen molar-refractivity contribution < 1.29 is 13.2 Å². The summed E-state index contributed by atoms with van der Waals surface area (Å²) < 4.78 is 34.9. The molecule has 6 nitrogen and oxygen atoms in total. The van der Waals surface area contributed by atoms with Crippen molar-refractivity contribution in [3.8, 4) is 0 Å². The molecule has 7 heteroatoms. The molecule has 0 aromatic carbocycles. The van der Waals surface area contributed by atoms with Crippen LogP contribution in [0, 0.1) is 5.92 Å². The molecule has 2 heterocycles. The molecule has 1 aromatic rings. The molecule has 0 saturated carbocycles. The zero-order chi connectivity index (χ0) is 15.5. The van der Waals surface area contributed by atoms with Crippen molar-refractivity contribution >= 4 is 10.0 Å². The quantitative estimate of drug-likeness (QED) is 0.782. The maximum absolute atomic E-state index is 12.4. The highest BCUT2D eigenvalue weighted by Crippen LogP contribution is 2.23. The summed E-state index contributed by atoms with van der Waals surface area (Å²) in [5.41, 5.74) is 0.938. The Balaban J connectivity index is 2.03. The second kappa shape index (κ2) is 6.91. The lowest BCUT2D eigenvalue weighted by molar-refractivity contribution is 0.0884. The fourth-order valence-electron chi connectivity index (χ4n) is 2.76. The van der Waals surface area contributed by atoms with Crippen molar-refractivity contribution in [3.05, 3.63) is 18.0 Å². The van der Waals surface area contributed by atoms with Gasteiger partial charge in [-0.3, -0.25) is 0 Å². The summed E-state index contributed by atoms with van der Waals surface area (Å²) in [6.45, 7) is 3.87. The van der Waals surface area contributed by atoms with Crippen LogP contribution in [0.3, 0.4) is 0 Å². The maximum atomic E-state index is 12.4. The van der Waals surface area contributed by atoms with E-state index in [1.807, 2.05) is 18.7 Å². The summed E-state index contributed by atoms with van der Waals surface area (Å²) in [5.74, 6) is 0.269. The zero-order valence-electron chi connectivity index (χ0n) is 12.9. The van der Waals surface area contributed by atoms with Crippen LogP contribution < -0.4 is 10.0 Å². The average Bonchev–Trinajstić information content (AvgIpc) is 3.04. The summed E-state index contributed by atoms with van der Waals surface area (Å²) in [4.78, 5) is 0.321. The van der Waals surface area contributed by atoms with Crippen molar-refractivity contribution in [2.75, 3.05) is 20.2 Å². The second-order valence-corrected chi connectivity index (χ2v) is 7.29. The summed E-state index contributed by atoms with van der Waals surface area (Å²) in [6, 6.07) is 1.71. The van der Waals surface area contributed by atoms with E-state index in [0.717, 1.165) is 25.1 Å². The van der Waals surface area contributed by atoms with Crippen molar-refractivity contribution in [3.63, 3.8) is 0 Å². The molecule has 1 saturated heterocycles. The summed E-state index contributed by atoms with van der Waals surface area (Å²) in [6.07, 6.45) is 3.66. The fourth-order valence-corrected chi connectivity index (χ4v) is 3.95. The first kappa shape index (κ1) is 16.5. The van der Waals surface area contributed by atoms with Crippen LogP contribution in [0.25, 0.3) is 0 Å². The molecule has 1 aliphatic rings. The molecule has 0 bridgehead atoms. The Morgan fingerprint density at radius 1 is 1.48 bits per heavy atom. The van der Waals surface area contributed by atoms with Gasteiger partial charge in [0, 0.05) is 44.6 Å². The number of aryl methyl sites for hydroxylation is 1. The Morgan fingerprint density at radius 2 is 2.24 bits per heavy atom. The molecule has 1 aliphatic heterocycles. The van der Waals surface area contributed by atoms with Crippen LogP contribution in [-0.2, 0) is 28.4 Å². The van der Waals surface area contributed by atoms with Gasteiger partial charge in [0.1, 0.15) is 0 Å². The Hall–Kier alpha value is -0.890. The predicted molar refractivity (Wildman–Crippen MR) is 81.5 cm³/mol. The first-order valence-corrected chi connectivity index (χ1v) is 8.87. The lowest BCUT2D eigenvalue weighted by Gasteiger charge is -2.16. The molecule has 0 aliphatic carbocycles.